The van der Waals surface area contributed by atoms with Gasteiger partial charge < -0.3 is 10.5 Å². The molecule has 0 spiro atoms. The van der Waals surface area contributed by atoms with E-state index in [-0.39, 0.29) is 12.4 Å². The molecule has 0 aromatic heterocycles. The molecular formula is C24H21NO3. The van der Waals surface area contributed by atoms with E-state index < -0.39 is 5.91 Å². The highest BCUT2D eigenvalue weighted by Crippen LogP contribution is 2.21. The van der Waals surface area contributed by atoms with Crippen molar-refractivity contribution < 1.29 is 14.3 Å². The first kappa shape index (κ1) is 19.1. The van der Waals surface area contributed by atoms with Crippen molar-refractivity contribution in [3.8, 4) is 16.9 Å². The largest absolute Gasteiger partial charge is 0.484 e. The summed E-state index contributed by atoms with van der Waals surface area (Å²) >= 11 is 0. The third-order valence-corrected chi connectivity index (χ3v) is 4.27. The van der Waals surface area contributed by atoms with Gasteiger partial charge in [-0.3, -0.25) is 9.59 Å². The van der Waals surface area contributed by atoms with Crippen molar-refractivity contribution in [2.24, 2.45) is 5.73 Å². The first-order valence-electron chi connectivity index (χ1n) is 8.92. The third kappa shape index (κ3) is 4.95. The van der Waals surface area contributed by atoms with Crippen LogP contribution in [0.15, 0.2) is 78.9 Å². The second kappa shape index (κ2) is 8.82. The Hall–Kier alpha value is -3.66. The number of nitrogens with two attached hydrogens (primary N) is 1. The number of carbonyl (C=O) groups excluding carboxylic acids is 2. The van der Waals surface area contributed by atoms with Crippen molar-refractivity contribution >= 4 is 17.8 Å². The molecule has 4 heteroatoms. The molecule has 3 aromatic rings. The van der Waals surface area contributed by atoms with Crippen LogP contribution in [-0.2, 0) is 4.79 Å². The van der Waals surface area contributed by atoms with Crippen molar-refractivity contribution in [1.82, 2.24) is 0 Å². The molecule has 0 heterocycles. The van der Waals surface area contributed by atoms with E-state index in [1.54, 1.807) is 30.4 Å². The van der Waals surface area contributed by atoms with E-state index >= 15 is 0 Å². The van der Waals surface area contributed by atoms with E-state index in [1.165, 1.54) is 0 Å². The molecule has 28 heavy (non-hydrogen) atoms. The lowest BCUT2D eigenvalue weighted by atomic mass is 10.0. The monoisotopic (exact) mass is 371 g/mol. The summed E-state index contributed by atoms with van der Waals surface area (Å²) in [4.78, 5) is 23.2. The van der Waals surface area contributed by atoms with E-state index in [2.05, 4.69) is 12.1 Å². The minimum atomic E-state index is -0.541. The molecule has 4 nitrogen and oxygen atoms in total. The molecule has 0 saturated carbocycles. The first-order chi connectivity index (χ1) is 13.5. The summed E-state index contributed by atoms with van der Waals surface area (Å²) in [6.07, 6.45) is 3.35. The number of ether oxygens (including phenoxy) is 1. The number of amides is 1. The van der Waals surface area contributed by atoms with Crippen LogP contribution in [0.1, 0.15) is 21.5 Å². The minimum absolute atomic E-state index is 0.100. The number of hydrogen-bond acceptors (Lipinski definition) is 3. The molecule has 3 rings (SSSR count). The zero-order valence-corrected chi connectivity index (χ0v) is 15.6. The predicted octanol–water partition coefficient (Wildman–Crippen LogP) is 4.42. The van der Waals surface area contributed by atoms with Gasteiger partial charge in [0.2, 0.25) is 0 Å². The number of rotatable bonds is 7. The summed E-state index contributed by atoms with van der Waals surface area (Å²) in [6, 6.07) is 23.3. The van der Waals surface area contributed by atoms with Gasteiger partial charge in [0, 0.05) is 5.56 Å². The van der Waals surface area contributed by atoms with Crippen LogP contribution in [0, 0.1) is 6.92 Å². The first-order valence-corrected chi connectivity index (χ1v) is 8.92. The molecule has 0 saturated heterocycles. The Morgan fingerprint density at radius 3 is 2.25 bits per heavy atom. The van der Waals surface area contributed by atoms with Gasteiger partial charge in [0.25, 0.3) is 5.91 Å². The Kier molecular flexibility index (Phi) is 6.02. The highest BCUT2D eigenvalue weighted by molar-refractivity contribution is 6.07. The van der Waals surface area contributed by atoms with Crippen LogP contribution < -0.4 is 10.5 Å². The van der Waals surface area contributed by atoms with E-state index in [4.69, 9.17) is 10.5 Å². The highest BCUT2D eigenvalue weighted by atomic mass is 16.5. The molecular weight excluding hydrogens is 350 g/mol. The molecule has 1 amide bonds. The Bertz CT molecular complexity index is 1010. The number of benzene rings is 3. The van der Waals surface area contributed by atoms with Crippen molar-refractivity contribution in [3.05, 3.63) is 95.6 Å². The SMILES string of the molecule is Cc1cc(C(=O)/C=C/c2ccc(-c3ccccc3)cc2)ccc1OCC(N)=O. The Morgan fingerprint density at radius 2 is 1.61 bits per heavy atom. The van der Waals surface area contributed by atoms with E-state index in [0.29, 0.717) is 11.3 Å². The van der Waals surface area contributed by atoms with Crippen LogP contribution in [-0.4, -0.2) is 18.3 Å². The van der Waals surface area contributed by atoms with Gasteiger partial charge in [-0.05, 0) is 53.5 Å². The number of allylic oxidation sites excluding steroid dienone is 1. The summed E-state index contributed by atoms with van der Waals surface area (Å²) in [7, 11) is 0. The zero-order valence-electron chi connectivity index (χ0n) is 15.6. The summed E-state index contributed by atoms with van der Waals surface area (Å²) in [5.41, 5.74) is 9.64. The Morgan fingerprint density at radius 1 is 0.929 bits per heavy atom. The Balaban J connectivity index is 1.68. The summed E-state index contributed by atoms with van der Waals surface area (Å²) in [5.74, 6) is -0.103. The zero-order chi connectivity index (χ0) is 19.9. The van der Waals surface area contributed by atoms with Gasteiger partial charge in [-0.15, -0.1) is 0 Å². The smallest absolute Gasteiger partial charge is 0.255 e. The van der Waals surface area contributed by atoms with Gasteiger partial charge in [-0.25, -0.2) is 0 Å². The lowest BCUT2D eigenvalue weighted by Crippen LogP contribution is -2.20. The highest BCUT2D eigenvalue weighted by Gasteiger charge is 2.07. The molecule has 3 aromatic carbocycles. The second-order valence-corrected chi connectivity index (χ2v) is 6.42. The fraction of sp³-hybridized carbons (Fsp3) is 0.0833. The van der Waals surface area contributed by atoms with Gasteiger partial charge in [-0.1, -0.05) is 60.7 Å². The van der Waals surface area contributed by atoms with Crippen molar-refractivity contribution in [2.45, 2.75) is 6.92 Å². The lowest BCUT2D eigenvalue weighted by molar-refractivity contribution is -0.119. The van der Waals surface area contributed by atoms with Crippen molar-refractivity contribution in [2.75, 3.05) is 6.61 Å². The summed E-state index contributed by atoms with van der Waals surface area (Å²) in [6.45, 7) is 1.63. The number of aryl methyl sites for hydroxylation is 1. The fourth-order valence-electron chi connectivity index (χ4n) is 2.80. The number of carbonyl (C=O) groups is 2. The molecule has 0 atom stereocenters. The molecule has 0 unspecified atom stereocenters. The lowest BCUT2D eigenvalue weighted by Gasteiger charge is -2.08. The van der Waals surface area contributed by atoms with Crippen molar-refractivity contribution in [1.29, 1.82) is 0 Å². The number of primary amides is 1. The van der Waals surface area contributed by atoms with Gasteiger partial charge in [-0.2, -0.15) is 0 Å². The second-order valence-electron chi connectivity index (χ2n) is 6.42. The third-order valence-electron chi connectivity index (χ3n) is 4.27. The molecule has 0 radical (unpaired) electrons. The molecule has 140 valence electrons. The topological polar surface area (TPSA) is 69.4 Å². The molecule has 0 bridgehead atoms. The van der Waals surface area contributed by atoms with Crippen LogP contribution in [0.2, 0.25) is 0 Å². The molecule has 0 aliphatic carbocycles. The van der Waals surface area contributed by atoms with Crippen LogP contribution >= 0.6 is 0 Å². The van der Waals surface area contributed by atoms with E-state index in [1.807, 2.05) is 49.4 Å². The van der Waals surface area contributed by atoms with Gasteiger partial charge in [0.1, 0.15) is 5.75 Å². The minimum Gasteiger partial charge on any atom is -0.484 e. The van der Waals surface area contributed by atoms with Crippen LogP contribution in [0.5, 0.6) is 5.75 Å². The quantitative estimate of drug-likeness (QED) is 0.494. The van der Waals surface area contributed by atoms with Gasteiger partial charge in [0.15, 0.2) is 12.4 Å². The standard InChI is InChI=1S/C24H21NO3/c1-17-15-21(12-14-23(17)28-16-24(25)27)22(26)13-9-18-7-10-20(11-8-18)19-5-3-2-4-6-19/h2-15H,16H2,1H3,(H2,25,27)/b13-9+. The maximum absolute atomic E-state index is 12.4. The van der Waals surface area contributed by atoms with Crippen LogP contribution in [0.4, 0.5) is 0 Å². The van der Waals surface area contributed by atoms with E-state index in [0.717, 1.165) is 22.3 Å². The summed E-state index contributed by atoms with van der Waals surface area (Å²) < 4.78 is 5.31. The average Bonchev–Trinajstić information content (AvgIpc) is 2.72. The fourth-order valence-corrected chi connectivity index (χ4v) is 2.80. The summed E-state index contributed by atoms with van der Waals surface area (Å²) in [5, 5.41) is 0. The number of ketones is 1. The maximum Gasteiger partial charge on any atom is 0.255 e. The molecule has 0 aliphatic rings. The van der Waals surface area contributed by atoms with Crippen molar-refractivity contribution in [3.63, 3.8) is 0 Å². The van der Waals surface area contributed by atoms with Crippen LogP contribution in [0.25, 0.3) is 17.2 Å². The maximum atomic E-state index is 12.4. The predicted molar refractivity (Wildman–Crippen MR) is 111 cm³/mol. The normalized spacial score (nSPS) is 10.8. The number of hydrogen-bond donors (Lipinski definition) is 1. The van der Waals surface area contributed by atoms with Gasteiger partial charge in [0.05, 0.1) is 0 Å². The van der Waals surface area contributed by atoms with Crippen LogP contribution in [0.3, 0.4) is 0 Å². The molecule has 0 fully saturated rings. The Labute approximate surface area is 164 Å². The molecule has 0 aliphatic heterocycles. The van der Waals surface area contributed by atoms with E-state index in [9.17, 15) is 9.59 Å². The van der Waals surface area contributed by atoms with Gasteiger partial charge >= 0.3 is 0 Å². The average molecular weight is 371 g/mol. The molecule has 2 N–H and O–H groups in total.